The summed E-state index contributed by atoms with van der Waals surface area (Å²) in [5.74, 6) is 1.54. The van der Waals surface area contributed by atoms with Crippen molar-refractivity contribution in [2.75, 3.05) is 5.75 Å². The number of phenolic OH excluding ortho intramolecular Hbond substituents is 1. The van der Waals surface area contributed by atoms with Crippen molar-refractivity contribution in [3.8, 4) is 17.0 Å². The molecule has 124 valence electrons. The fraction of sp³-hybridized carbons (Fsp3) is 0.526. The minimum Gasteiger partial charge on any atom is -0.507 e. The van der Waals surface area contributed by atoms with Crippen LogP contribution in [0.15, 0.2) is 23.5 Å². The summed E-state index contributed by atoms with van der Waals surface area (Å²) in [6.07, 6.45) is 2.14. The van der Waals surface area contributed by atoms with Gasteiger partial charge in [0.25, 0.3) is 0 Å². The van der Waals surface area contributed by atoms with Crippen LogP contribution in [0.1, 0.15) is 52.7 Å². The summed E-state index contributed by atoms with van der Waals surface area (Å²) in [6, 6.07) is 4.21. The number of aryl methyl sites for hydroxylation is 1. The second kappa shape index (κ2) is 5.30. The normalized spacial score (nSPS) is 15.0. The fourth-order valence-corrected chi connectivity index (χ4v) is 3.92. The molecule has 0 amide bonds. The fourth-order valence-electron chi connectivity index (χ4n) is 2.97. The Balaban J connectivity index is 2.20. The summed E-state index contributed by atoms with van der Waals surface area (Å²) in [4.78, 5) is 4.78. The Morgan fingerprint density at radius 1 is 1.04 bits per heavy atom. The van der Waals surface area contributed by atoms with Crippen molar-refractivity contribution in [2.45, 2.75) is 64.1 Å². The van der Waals surface area contributed by atoms with Gasteiger partial charge in [0.1, 0.15) is 5.75 Å². The zero-order valence-corrected chi connectivity index (χ0v) is 15.7. The van der Waals surface area contributed by atoms with E-state index in [9.17, 15) is 5.11 Å². The van der Waals surface area contributed by atoms with Gasteiger partial charge in [-0.2, -0.15) is 0 Å². The Bertz CT molecular complexity index is 691. The second-order valence-corrected chi connectivity index (χ2v) is 9.43. The quantitative estimate of drug-likeness (QED) is 0.803. The van der Waals surface area contributed by atoms with E-state index >= 15 is 0 Å². The maximum atomic E-state index is 10.8. The summed E-state index contributed by atoms with van der Waals surface area (Å²) in [6.45, 7) is 13.9. The number of benzene rings is 1. The van der Waals surface area contributed by atoms with E-state index < -0.39 is 0 Å². The molecule has 0 aliphatic carbocycles. The first kappa shape index (κ1) is 16.4. The first-order valence-corrected chi connectivity index (χ1v) is 9.14. The topological polar surface area (TPSA) is 38.0 Å². The number of rotatable bonds is 1. The van der Waals surface area contributed by atoms with Crippen LogP contribution in [0.2, 0.25) is 0 Å². The van der Waals surface area contributed by atoms with Gasteiger partial charge in [0.05, 0.1) is 5.69 Å². The van der Waals surface area contributed by atoms with Crippen LogP contribution in [-0.4, -0.2) is 20.4 Å². The van der Waals surface area contributed by atoms with Crippen molar-refractivity contribution in [1.82, 2.24) is 9.55 Å². The van der Waals surface area contributed by atoms with Gasteiger partial charge in [-0.3, -0.25) is 0 Å². The van der Waals surface area contributed by atoms with Crippen molar-refractivity contribution >= 4 is 11.8 Å². The van der Waals surface area contributed by atoms with Crippen molar-refractivity contribution in [1.29, 1.82) is 0 Å². The molecule has 0 atom stereocenters. The van der Waals surface area contributed by atoms with E-state index in [0.29, 0.717) is 5.75 Å². The van der Waals surface area contributed by atoms with Crippen LogP contribution >= 0.6 is 11.8 Å². The summed E-state index contributed by atoms with van der Waals surface area (Å²) < 4.78 is 2.22. The molecular weight excluding hydrogens is 304 g/mol. The molecule has 0 unspecified atom stereocenters. The monoisotopic (exact) mass is 330 g/mol. The molecule has 3 rings (SSSR count). The Labute approximate surface area is 143 Å². The summed E-state index contributed by atoms with van der Waals surface area (Å²) >= 11 is 1.81. The largest absolute Gasteiger partial charge is 0.507 e. The maximum Gasteiger partial charge on any atom is 0.168 e. The van der Waals surface area contributed by atoms with Crippen LogP contribution in [0.4, 0.5) is 0 Å². The lowest BCUT2D eigenvalue weighted by atomic mass is 9.78. The predicted molar refractivity (Wildman–Crippen MR) is 97.5 cm³/mol. The minimum absolute atomic E-state index is 0.114. The average Bonchev–Trinajstić information content (AvgIpc) is 2.96. The van der Waals surface area contributed by atoms with Crippen molar-refractivity contribution < 1.29 is 5.11 Å². The molecule has 0 bridgehead atoms. The number of phenols is 1. The number of aromatic nitrogens is 2. The molecule has 1 aromatic carbocycles. The third kappa shape index (κ3) is 3.01. The molecule has 3 nitrogen and oxygen atoms in total. The molecule has 0 radical (unpaired) electrons. The highest BCUT2D eigenvalue weighted by molar-refractivity contribution is 7.99. The molecule has 1 aliphatic rings. The first-order chi connectivity index (χ1) is 10.6. The van der Waals surface area contributed by atoms with E-state index in [1.807, 2.05) is 11.8 Å². The SMILES string of the molecule is CC(C)(C)c1cc(-c2cn3c(n2)SCC3)cc(C(C)(C)C)c1O. The second-order valence-electron chi connectivity index (χ2n) is 8.37. The summed E-state index contributed by atoms with van der Waals surface area (Å²) in [5, 5.41) is 11.9. The van der Waals surface area contributed by atoms with Crippen molar-refractivity contribution in [2.24, 2.45) is 0 Å². The third-order valence-electron chi connectivity index (χ3n) is 4.32. The Kier molecular flexibility index (Phi) is 3.79. The van der Waals surface area contributed by atoms with Gasteiger partial charge in [0, 0.05) is 35.2 Å². The molecule has 0 saturated heterocycles. The Morgan fingerprint density at radius 2 is 1.61 bits per heavy atom. The lowest BCUT2D eigenvalue weighted by molar-refractivity contribution is 0.423. The minimum atomic E-state index is -0.114. The highest BCUT2D eigenvalue weighted by atomic mass is 32.2. The third-order valence-corrected chi connectivity index (χ3v) is 5.30. The van der Waals surface area contributed by atoms with Gasteiger partial charge in [-0.1, -0.05) is 53.3 Å². The average molecular weight is 330 g/mol. The highest BCUT2D eigenvalue weighted by Crippen LogP contribution is 2.42. The summed E-state index contributed by atoms with van der Waals surface area (Å²) in [5.41, 5.74) is 3.85. The van der Waals surface area contributed by atoms with Crippen LogP contribution in [-0.2, 0) is 17.4 Å². The Hall–Kier alpha value is -1.42. The van der Waals surface area contributed by atoms with Crippen LogP contribution in [0.3, 0.4) is 0 Å². The van der Waals surface area contributed by atoms with Gasteiger partial charge in [-0.05, 0) is 23.0 Å². The van der Waals surface area contributed by atoms with Crippen LogP contribution in [0.25, 0.3) is 11.3 Å². The molecule has 23 heavy (non-hydrogen) atoms. The van der Waals surface area contributed by atoms with Gasteiger partial charge >= 0.3 is 0 Å². The molecule has 2 heterocycles. The highest BCUT2D eigenvalue weighted by Gasteiger charge is 2.27. The molecule has 0 spiro atoms. The van der Waals surface area contributed by atoms with E-state index in [-0.39, 0.29) is 10.8 Å². The number of nitrogens with zero attached hydrogens (tertiary/aromatic N) is 2. The van der Waals surface area contributed by atoms with Gasteiger partial charge in [0.15, 0.2) is 5.16 Å². The lowest BCUT2D eigenvalue weighted by Gasteiger charge is -2.28. The molecule has 0 fully saturated rings. The maximum absolute atomic E-state index is 10.8. The number of aromatic hydroxyl groups is 1. The van der Waals surface area contributed by atoms with Crippen LogP contribution < -0.4 is 0 Å². The van der Waals surface area contributed by atoms with Crippen molar-refractivity contribution in [3.05, 3.63) is 29.5 Å². The van der Waals surface area contributed by atoms with Gasteiger partial charge in [-0.15, -0.1) is 0 Å². The Morgan fingerprint density at radius 3 is 2.09 bits per heavy atom. The number of hydrogen-bond acceptors (Lipinski definition) is 3. The van der Waals surface area contributed by atoms with E-state index in [0.717, 1.165) is 39.8 Å². The van der Waals surface area contributed by atoms with Gasteiger partial charge in [-0.25, -0.2) is 4.98 Å². The summed E-state index contributed by atoms with van der Waals surface area (Å²) in [7, 11) is 0. The molecule has 1 aromatic heterocycles. The van der Waals surface area contributed by atoms with E-state index in [1.54, 1.807) is 0 Å². The molecule has 1 aliphatic heterocycles. The van der Waals surface area contributed by atoms with Crippen molar-refractivity contribution in [3.63, 3.8) is 0 Å². The van der Waals surface area contributed by atoms with Gasteiger partial charge in [0.2, 0.25) is 0 Å². The molecule has 0 saturated carbocycles. The standard InChI is InChI=1S/C19H26N2OS/c1-18(2,3)13-9-12(10-14(16(13)22)19(4,5)6)15-11-21-7-8-23-17(21)20-15/h9-11,22H,7-8H2,1-6H3. The number of fused-ring (bicyclic) bond motifs is 1. The van der Waals surface area contributed by atoms with Crippen LogP contribution in [0, 0.1) is 0 Å². The molecule has 4 heteroatoms. The molecular formula is C19H26N2OS. The van der Waals surface area contributed by atoms with E-state index in [4.69, 9.17) is 4.98 Å². The molecule has 2 aromatic rings. The lowest BCUT2D eigenvalue weighted by Crippen LogP contribution is -2.17. The van der Waals surface area contributed by atoms with Gasteiger partial charge < -0.3 is 9.67 Å². The predicted octanol–water partition coefficient (Wildman–Crippen LogP) is 4.96. The number of imidazole rings is 1. The van der Waals surface area contributed by atoms with Crippen LogP contribution in [0.5, 0.6) is 5.75 Å². The van der Waals surface area contributed by atoms with E-state index in [1.165, 1.54) is 0 Å². The smallest absolute Gasteiger partial charge is 0.168 e. The zero-order chi connectivity index (χ0) is 17.0. The van der Waals surface area contributed by atoms with E-state index in [2.05, 4.69) is 64.4 Å². The number of thioether (sulfide) groups is 1. The number of hydrogen-bond donors (Lipinski definition) is 1. The first-order valence-electron chi connectivity index (χ1n) is 8.16. The molecule has 1 N–H and O–H groups in total. The zero-order valence-electron chi connectivity index (χ0n) is 14.9.